The highest BCUT2D eigenvalue weighted by Crippen LogP contribution is 2.19. The first-order valence-electron chi connectivity index (χ1n) is 9.17. The summed E-state index contributed by atoms with van der Waals surface area (Å²) in [4.78, 5) is 52.6. The van der Waals surface area contributed by atoms with Gasteiger partial charge in [-0.1, -0.05) is 12.1 Å². The molecule has 1 fully saturated rings. The molecule has 1 aliphatic heterocycles. The molecule has 3 rings (SSSR count). The largest absolute Gasteiger partial charge is 0.466 e. The Bertz CT molecular complexity index is 962. The molecule has 0 spiro atoms. The second-order valence-electron chi connectivity index (χ2n) is 6.61. The molecule has 1 aliphatic rings. The molecule has 0 aliphatic carbocycles. The van der Waals surface area contributed by atoms with Crippen molar-refractivity contribution in [2.75, 3.05) is 19.7 Å². The number of nitrogens with zero attached hydrogens (tertiary/aromatic N) is 2. The number of fused-ring (bicyclic) bond motifs is 1. The summed E-state index contributed by atoms with van der Waals surface area (Å²) in [5, 5.41) is 0.407. The first-order chi connectivity index (χ1) is 13.0. The van der Waals surface area contributed by atoms with Gasteiger partial charge < -0.3 is 9.64 Å². The van der Waals surface area contributed by atoms with E-state index in [1.807, 2.05) is 0 Å². The number of aromatic nitrogens is 2. The van der Waals surface area contributed by atoms with E-state index in [0.29, 0.717) is 37.0 Å². The number of hydrogen-bond donors (Lipinski definition) is 1. The minimum absolute atomic E-state index is 0.117. The molecule has 1 N–H and O–H groups in total. The van der Waals surface area contributed by atoms with Crippen molar-refractivity contribution in [2.24, 2.45) is 5.92 Å². The van der Waals surface area contributed by atoms with E-state index in [1.165, 1.54) is 4.57 Å². The van der Waals surface area contributed by atoms with Gasteiger partial charge in [0, 0.05) is 26.1 Å². The lowest BCUT2D eigenvalue weighted by Crippen LogP contribution is -2.43. The Morgan fingerprint density at radius 2 is 2.04 bits per heavy atom. The number of amides is 1. The lowest BCUT2D eigenvalue weighted by molar-refractivity contribution is -0.151. The minimum Gasteiger partial charge on any atom is -0.466 e. The highest BCUT2D eigenvalue weighted by Gasteiger charge is 2.29. The van der Waals surface area contributed by atoms with Crippen LogP contribution in [-0.4, -0.2) is 46.0 Å². The monoisotopic (exact) mass is 373 g/mol. The molecule has 27 heavy (non-hydrogen) atoms. The third kappa shape index (κ3) is 4.10. The summed E-state index contributed by atoms with van der Waals surface area (Å²) in [7, 11) is 0. The van der Waals surface area contributed by atoms with E-state index < -0.39 is 11.2 Å². The molecular formula is C19H23N3O5. The molecule has 1 aromatic heterocycles. The lowest BCUT2D eigenvalue weighted by atomic mass is 9.98. The Morgan fingerprint density at radius 3 is 2.81 bits per heavy atom. The maximum Gasteiger partial charge on any atom is 0.328 e. The minimum atomic E-state index is -0.533. The zero-order valence-electron chi connectivity index (χ0n) is 15.3. The topological polar surface area (TPSA) is 101 Å². The summed E-state index contributed by atoms with van der Waals surface area (Å²) < 4.78 is 6.46. The molecule has 0 saturated carbocycles. The van der Waals surface area contributed by atoms with Gasteiger partial charge >= 0.3 is 11.7 Å². The molecule has 1 saturated heterocycles. The number of likely N-dealkylation sites (tertiary alicyclic amines) is 1. The quantitative estimate of drug-likeness (QED) is 0.784. The molecule has 0 bridgehead atoms. The SMILES string of the molecule is CCOC(=O)C1CCCN(C(=O)CCn2c(=O)[nH]c(=O)c3ccccc32)C1. The Balaban J connectivity index is 1.71. The summed E-state index contributed by atoms with van der Waals surface area (Å²) in [6.07, 6.45) is 1.58. The molecular weight excluding hydrogens is 350 g/mol. The third-order valence-corrected chi connectivity index (χ3v) is 4.85. The second-order valence-corrected chi connectivity index (χ2v) is 6.61. The van der Waals surface area contributed by atoms with Gasteiger partial charge in [-0.05, 0) is 31.9 Å². The van der Waals surface area contributed by atoms with Crippen molar-refractivity contribution in [1.82, 2.24) is 14.5 Å². The van der Waals surface area contributed by atoms with Gasteiger partial charge in [-0.3, -0.25) is 23.9 Å². The van der Waals surface area contributed by atoms with Crippen molar-refractivity contribution in [3.63, 3.8) is 0 Å². The number of aryl methyl sites for hydroxylation is 1. The summed E-state index contributed by atoms with van der Waals surface area (Å²) in [5.74, 6) is -0.677. The maximum atomic E-state index is 12.6. The standard InChI is InChI=1S/C19H23N3O5/c1-2-27-18(25)13-6-5-10-21(12-13)16(23)9-11-22-15-8-4-3-7-14(15)17(24)20-19(22)26/h3-4,7-8,13H,2,5-6,9-12H2,1H3,(H,20,24,26). The number of carbonyl (C=O) groups is 2. The van der Waals surface area contributed by atoms with Gasteiger partial charge in [-0.2, -0.15) is 0 Å². The Morgan fingerprint density at radius 1 is 1.26 bits per heavy atom. The van der Waals surface area contributed by atoms with Gasteiger partial charge in [0.1, 0.15) is 0 Å². The summed E-state index contributed by atoms with van der Waals surface area (Å²) in [5.41, 5.74) is -0.469. The Kier molecular flexibility index (Phi) is 5.73. The van der Waals surface area contributed by atoms with Crippen molar-refractivity contribution in [3.8, 4) is 0 Å². The molecule has 144 valence electrons. The summed E-state index contributed by atoms with van der Waals surface area (Å²) >= 11 is 0. The maximum absolute atomic E-state index is 12.6. The van der Waals surface area contributed by atoms with Gasteiger partial charge in [0.05, 0.1) is 23.4 Å². The van der Waals surface area contributed by atoms with Crippen molar-refractivity contribution >= 4 is 22.8 Å². The van der Waals surface area contributed by atoms with Gasteiger partial charge in [-0.15, -0.1) is 0 Å². The number of benzene rings is 1. The van der Waals surface area contributed by atoms with Gasteiger partial charge in [0.2, 0.25) is 5.91 Å². The van der Waals surface area contributed by atoms with Crippen LogP contribution in [0.5, 0.6) is 0 Å². The normalized spacial score (nSPS) is 17.1. The lowest BCUT2D eigenvalue weighted by Gasteiger charge is -2.31. The fourth-order valence-corrected chi connectivity index (χ4v) is 3.49. The number of rotatable bonds is 5. The highest BCUT2D eigenvalue weighted by molar-refractivity contribution is 5.80. The van der Waals surface area contributed by atoms with Crippen molar-refractivity contribution in [1.29, 1.82) is 0 Å². The summed E-state index contributed by atoms with van der Waals surface area (Å²) in [6.45, 7) is 3.19. The first kappa shape index (κ1) is 18.9. The molecule has 0 radical (unpaired) electrons. The van der Waals surface area contributed by atoms with E-state index in [1.54, 1.807) is 36.1 Å². The van der Waals surface area contributed by atoms with Gasteiger partial charge in [0.15, 0.2) is 0 Å². The Hall–Kier alpha value is -2.90. The van der Waals surface area contributed by atoms with Crippen LogP contribution in [0.1, 0.15) is 26.2 Å². The van der Waals surface area contributed by atoms with Crippen molar-refractivity contribution in [3.05, 3.63) is 45.1 Å². The zero-order chi connectivity index (χ0) is 19.4. The molecule has 1 atom stereocenters. The van der Waals surface area contributed by atoms with Crippen LogP contribution in [0.15, 0.2) is 33.9 Å². The number of hydrogen-bond acceptors (Lipinski definition) is 5. The smallest absolute Gasteiger partial charge is 0.328 e. The van der Waals surface area contributed by atoms with E-state index in [4.69, 9.17) is 4.74 Å². The average molecular weight is 373 g/mol. The van der Waals surface area contributed by atoms with Crippen LogP contribution in [-0.2, 0) is 20.9 Å². The fourth-order valence-electron chi connectivity index (χ4n) is 3.49. The van der Waals surface area contributed by atoms with Crippen LogP contribution >= 0.6 is 0 Å². The number of nitrogens with one attached hydrogen (secondary N) is 1. The molecule has 8 heteroatoms. The van der Waals surface area contributed by atoms with E-state index in [-0.39, 0.29) is 30.8 Å². The van der Waals surface area contributed by atoms with Crippen molar-refractivity contribution in [2.45, 2.75) is 32.7 Å². The molecule has 1 aromatic carbocycles. The molecule has 1 unspecified atom stereocenters. The molecule has 1 amide bonds. The molecule has 8 nitrogen and oxygen atoms in total. The number of H-pyrrole nitrogens is 1. The van der Waals surface area contributed by atoms with E-state index >= 15 is 0 Å². The number of aromatic amines is 1. The third-order valence-electron chi connectivity index (χ3n) is 4.85. The van der Waals surface area contributed by atoms with E-state index in [0.717, 1.165) is 6.42 Å². The van der Waals surface area contributed by atoms with Gasteiger partial charge in [-0.25, -0.2) is 4.79 Å². The predicted molar refractivity (Wildman–Crippen MR) is 99.4 cm³/mol. The van der Waals surface area contributed by atoms with Crippen LogP contribution in [0, 0.1) is 5.92 Å². The van der Waals surface area contributed by atoms with Crippen LogP contribution in [0.25, 0.3) is 10.9 Å². The Labute approximate surface area is 155 Å². The van der Waals surface area contributed by atoms with Crippen LogP contribution in [0.4, 0.5) is 0 Å². The van der Waals surface area contributed by atoms with E-state index in [2.05, 4.69) is 4.98 Å². The fraction of sp³-hybridized carbons (Fsp3) is 0.474. The van der Waals surface area contributed by atoms with E-state index in [9.17, 15) is 19.2 Å². The average Bonchev–Trinajstić information content (AvgIpc) is 2.68. The van der Waals surface area contributed by atoms with Crippen LogP contribution in [0.2, 0.25) is 0 Å². The number of para-hydroxylation sites is 1. The number of ether oxygens (including phenoxy) is 1. The number of carbonyl (C=O) groups excluding carboxylic acids is 2. The van der Waals surface area contributed by atoms with Gasteiger partial charge in [0.25, 0.3) is 5.56 Å². The van der Waals surface area contributed by atoms with Crippen molar-refractivity contribution < 1.29 is 14.3 Å². The highest BCUT2D eigenvalue weighted by atomic mass is 16.5. The van der Waals surface area contributed by atoms with Crippen LogP contribution in [0.3, 0.4) is 0 Å². The number of esters is 1. The number of piperidine rings is 1. The second kappa shape index (κ2) is 8.20. The first-order valence-corrected chi connectivity index (χ1v) is 9.17. The molecule has 2 heterocycles. The van der Waals surface area contributed by atoms with Crippen LogP contribution < -0.4 is 11.2 Å². The zero-order valence-corrected chi connectivity index (χ0v) is 15.3. The summed E-state index contributed by atoms with van der Waals surface area (Å²) in [6, 6.07) is 6.80. The predicted octanol–water partition coefficient (Wildman–Crippen LogP) is 0.882. The molecule has 2 aromatic rings.